The fourth-order valence-corrected chi connectivity index (χ4v) is 2.34. The number of methoxy groups -OCH3 is 1. The standard InChI is InChI=1S/C18H24N4O2/c1-4-22(5-2)18-20-13-11-16(21-18)17(23)19-12-10-14-6-8-15(24-3)9-7-14/h6-9,11,13H,4-5,10,12H2,1-3H3,(H,19,23). The molecule has 0 atom stereocenters. The van der Waals surface area contributed by atoms with Crippen molar-refractivity contribution in [1.29, 1.82) is 0 Å². The molecule has 128 valence electrons. The lowest BCUT2D eigenvalue weighted by molar-refractivity contribution is 0.0949. The lowest BCUT2D eigenvalue weighted by Gasteiger charge is -2.18. The summed E-state index contributed by atoms with van der Waals surface area (Å²) in [5.74, 6) is 1.23. The van der Waals surface area contributed by atoms with E-state index in [-0.39, 0.29) is 5.91 Å². The summed E-state index contributed by atoms with van der Waals surface area (Å²) in [4.78, 5) is 22.8. The lowest BCUT2D eigenvalue weighted by Crippen LogP contribution is -2.29. The highest BCUT2D eigenvalue weighted by Gasteiger charge is 2.11. The lowest BCUT2D eigenvalue weighted by atomic mass is 10.1. The first-order valence-corrected chi connectivity index (χ1v) is 8.17. The van der Waals surface area contributed by atoms with Crippen LogP contribution in [0.4, 0.5) is 5.95 Å². The Balaban J connectivity index is 1.91. The first kappa shape index (κ1) is 17.7. The topological polar surface area (TPSA) is 67.4 Å². The molecule has 6 nitrogen and oxygen atoms in total. The van der Waals surface area contributed by atoms with Crippen molar-refractivity contribution < 1.29 is 9.53 Å². The van der Waals surface area contributed by atoms with Gasteiger partial charge in [-0.25, -0.2) is 9.97 Å². The van der Waals surface area contributed by atoms with E-state index in [1.165, 1.54) is 0 Å². The largest absolute Gasteiger partial charge is 0.497 e. The summed E-state index contributed by atoms with van der Waals surface area (Å²) in [5, 5.41) is 2.90. The Morgan fingerprint density at radius 3 is 2.50 bits per heavy atom. The molecular formula is C18H24N4O2. The molecule has 1 heterocycles. The summed E-state index contributed by atoms with van der Waals surface area (Å²) >= 11 is 0. The molecule has 0 fully saturated rings. The predicted octanol–water partition coefficient (Wildman–Crippen LogP) is 2.30. The van der Waals surface area contributed by atoms with E-state index in [9.17, 15) is 4.79 Å². The van der Waals surface area contributed by atoms with Crippen LogP contribution in [0.1, 0.15) is 29.9 Å². The van der Waals surface area contributed by atoms with Crippen molar-refractivity contribution in [3.63, 3.8) is 0 Å². The number of hydrogen-bond acceptors (Lipinski definition) is 5. The molecule has 0 radical (unpaired) electrons. The second-order valence-corrected chi connectivity index (χ2v) is 5.27. The molecule has 2 aromatic rings. The predicted molar refractivity (Wildman–Crippen MR) is 94.6 cm³/mol. The van der Waals surface area contributed by atoms with E-state index >= 15 is 0 Å². The van der Waals surface area contributed by atoms with Gasteiger partial charge in [0.2, 0.25) is 5.95 Å². The van der Waals surface area contributed by atoms with Crippen molar-refractivity contribution >= 4 is 11.9 Å². The fourth-order valence-electron chi connectivity index (χ4n) is 2.34. The summed E-state index contributed by atoms with van der Waals surface area (Å²) < 4.78 is 5.13. The van der Waals surface area contributed by atoms with Gasteiger partial charge in [0.25, 0.3) is 5.91 Å². The molecule has 1 N–H and O–H groups in total. The molecular weight excluding hydrogens is 304 g/mol. The van der Waals surface area contributed by atoms with Crippen LogP contribution in [-0.4, -0.2) is 42.6 Å². The van der Waals surface area contributed by atoms with Gasteiger partial charge in [-0.2, -0.15) is 0 Å². The van der Waals surface area contributed by atoms with Crippen molar-refractivity contribution in [3.8, 4) is 5.75 Å². The Morgan fingerprint density at radius 2 is 1.88 bits per heavy atom. The van der Waals surface area contributed by atoms with Crippen LogP contribution in [0.15, 0.2) is 36.5 Å². The molecule has 24 heavy (non-hydrogen) atoms. The van der Waals surface area contributed by atoms with E-state index in [1.54, 1.807) is 19.4 Å². The molecule has 0 aliphatic heterocycles. The molecule has 0 saturated heterocycles. The third kappa shape index (κ3) is 4.68. The van der Waals surface area contributed by atoms with Crippen LogP contribution in [0, 0.1) is 0 Å². The number of benzene rings is 1. The third-order valence-corrected chi connectivity index (χ3v) is 3.78. The molecule has 0 spiro atoms. The van der Waals surface area contributed by atoms with E-state index < -0.39 is 0 Å². The van der Waals surface area contributed by atoms with Gasteiger partial charge in [-0.3, -0.25) is 4.79 Å². The number of rotatable bonds is 8. The molecule has 1 aromatic heterocycles. The van der Waals surface area contributed by atoms with Crippen molar-refractivity contribution in [2.45, 2.75) is 20.3 Å². The van der Waals surface area contributed by atoms with Crippen LogP contribution in [0.5, 0.6) is 5.75 Å². The third-order valence-electron chi connectivity index (χ3n) is 3.78. The van der Waals surface area contributed by atoms with Crippen LogP contribution < -0.4 is 15.0 Å². The molecule has 0 aliphatic rings. The van der Waals surface area contributed by atoms with Gasteiger partial charge in [0.1, 0.15) is 11.4 Å². The number of nitrogens with zero attached hydrogens (tertiary/aromatic N) is 3. The normalized spacial score (nSPS) is 10.3. The minimum absolute atomic E-state index is 0.181. The Morgan fingerprint density at radius 1 is 1.17 bits per heavy atom. The summed E-state index contributed by atoms with van der Waals surface area (Å²) in [6, 6.07) is 9.45. The van der Waals surface area contributed by atoms with Crippen LogP contribution in [0.25, 0.3) is 0 Å². The molecule has 2 rings (SSSR count). The van der Waals surface area contributed by atoms with E-state index in [2.05, 4.69) is 15.3 Å². The maximum Gasteiger partial charge on any atom is 0.270 e. The van der Waals surface area contributed by atoms with Gasteiger partial charge in [-0.05, 0) is 44.0 Å². The Kier molecular flexibility index (Phi) is 6.54. The first-order chi connectivity index (χ1) is 11.7. The number of carbonyl (C=O) groups is 1. The molecule has 0 aliphatic carbocycles. The van der Waals surface area contributed by atoms with E-state index in [0.717, 1.165) is 30.8 Å². The van der Waals surface area contributed by atoms with Gasteiger partial charge in [-0.1, -0.05) is 12.1 Å². The highest BCUT2D eigenvalue weighted by atomic mass is 16.5. The van der Waals surface area contributed by atoms with E-state index in [0.29, 0.717) is 18.2 Å². The van der Waals surface area contributed by atoms with E-state index in [4.69, 9.17) is 4.74 Å². The second kappa shape index (κ2) is 8.86. The van der Waals surface area contributed by atoms with Gasteiger partial charge in [0.15, 0.2) is 0 Å². The molecule has 1 aromatic carbocycles. The number of nitrogens with one attached hydrogen (secondary N) is 1. The zero-order valence-electron chi connectivity index (χ0n) is 14.5. The summed E-state index contributed by atoms with van der Waals surface area (Å²) in [5.41, 5.74) is 1.53. The number of carbonyl (C=O) groups excluding carboxylic acids is 1. The average molecular weight is 328 g/mol. The average Bonchev–Trinajstić information content (AvgIpc) is 2.63. The molecule has 6 heteroatoms. The first-order valence-electron chi connectivity index (χ1n) is 8.17. The second-order valence-electron chi connectivity index (χ2n) is 5.27. The van der Waals surface area contributed by atoms with Crippen LogP contribution in [0.3, 0.4) is 0 Å². The van der Waals surface area contributed by atoms with Crippen molar-refractivity contribution in [2.24, 2.45) is 0 Å². The smallest absolute Gasteiger partial charge is 0.270 e. The van der Waals surface area contributed by atoms with Gasteiger partial charge in [0.05, 0.1) is 7.11 Å². The maximum atomic E-state index is 12.2. The van der Waals surface area contributed by atoms with Crippen molar-refractivity contribution in [2.75, 3.05) is 31.6 Å². The minimum atomic E-state index is -0.181. The van der Waals surface area contributed by atoms with Crippen LogP contribution in [-0.2, 0) is 6.42 Å². The SMILES string of the molecule is CCN(CC)c1nccc(C(=O)NCCc2ccc(OC)cc2)n1. The van der Waals surface area contributed by atoms with Crippen LogP contribution >= 0.6 is 0 Å². The molecule has 1 amide bonds. The number of amides is 1. The number of aromatic nitrogens is 2. The van der Waals surface area contributed by atoms with E-state index in [1.807, 2.05) is 43.0 Å². The van der Waals surface area contributed by atoms with Gasteiger partial charge in [0, 0.05) is 25.8 Å². The molecule has 0 unspecified atom stereocenters. The highest BCUT2D eigenvalue weighted by Crippen LogP contribution is 2.11. The maximum absolute atomic E-state index is 12.2. The van der Waals surface area contributed by atoms with Gasteiger partial charge < -0.3 is 15.0 Å². The fraction of sp³-hybridized carbons (Fsp3) is 0.389. The molecule has 0 bridgehead atoms. The Bertz CT molecular complexity index is 654. The Labute approximate surface area is 142 Å². The monoisotopic (exact) mass is 328 g/mol. The summed E-state index contributed by atoms with van der Waals surface area (Å²) in [6.07, 6.45) is 2.38. The quantitative estimate of drug-likeness (QED) is 0.805. The van der Waals surface area contributed by atoms with Crippen molar-refractivity contribution in [3.05, 3.63) is 47.8 Å². The van der Waals surface area contributed by atoms with Crippen LogP contribution in [0.2, 0.25) is 0 Å². The zero-order chi connectivity index (χ0) is 17.4. The number of hydrogen-bond donors (Lipinski definition) is 1. The van der Waals surface area contributed by atoms with Crippen molar-refractivity contribution in [1.82, 2.24) is 15.3 Å². The summed E-state index contributed by atoms with van der Waals surface area (Å²) in [6.45, 7) is 6.23. The number of anilines is 1. The minimum Gasteiger partial charge on any atom is -0.497 e. The molecule has 0 saturated carbocycles. The zero-order valence-corrected chi connectivity index (χ0v) is 14.5. The Hall–Kier alpha value is -2.63. The highest BCUT2D eigenvalue weighted by molar-refractivity contribution is 5.92. The summed E-state index contributed by atoms with van der Waals surface area (Å²) in [7, 11) is 1.64. The van der Waals surface area contributed by atoms with Gasteiger partial charge >= 0.3 is 0 Å². The number of ether oxygens (including phenoxy) is 1. The van der Waals surface area contributed by atoms with Gasteiger partial charge in [-0.15, -0.1) is 0 Å².